The van der Waals surface area contributed by atoms with Gasteiger partial charge in [0.2, 0.25) is 0 Å². The largest absolute Gasteiger partial charge is 0.375 e. The van der Waals surface area contributed by atoms with Gasteiger partial charge in [0.15, 0.2) is 0 Å². The van der Waals surface area contributed by atoms with E-state index in [1.54, 1.807) is 24.3 Å². The highest BCUT2D eigenvalue weighted by Gasteiger charge is 2.36. The van der Waals surface area contributed by atoms with Crippen LogP contribution < -0.4 is 0 Å². The van der Waals surface area contributed by atoms with Gasteiger partial charge in [0.05, 0.1) is 0 Å². The molecule has 0 amide bonds. The Kier molecular flexibility index (Phi) is 4.28. The number of halogens is 2. The lowest BCUT2D eigenvalue weighted by Gasteiger charge is -2.29. The Balaban J connectivity index is 2.24. The summed E-state index contributed by atoms with van der Waals surface area (Å²) in [4.78, 5) is 0.900. The Bertz CT molecular complexity index is 730. The summed E-state index contributed by atoms with van der Waals surface area (Å²) in [6, 6.07) is 16.6. The van der Waals surface area contributed by atoms with Crippen molar-refractivity contribution in [1.29, 1.82) is 0 Å². The topological polar surface area (TPSA) is 20.2 Å². The molecule has 1 aromatic heterocycles. The van der Waals surface area contributed by atoms with Crippen molar-refractivity contribution in [1.82, 2.24) is 0 Å². The van der Waals surface area contributed by atoms with E-state index >= 15 is 0 Å². The van der Waals surface area contributed by atoms with Crippen LogP contribution in [0.25, 0.3) is 0 Å². The number of hydrogen-bond acceptors (Lipinski definition) is 2. The van der Waals surface area contributed by atoms with Crippen molar-refractivity contribution < 1.29 is 5.11 Å². The molecule has 0 aliphatic rings. The molecule has 1 heterocycles. The Morgan fingerprint density at radius 3 is 1.64 bits per heavy atom. The summed E-state index contributed by atoms with van der Waals surface area (Å²) in [5.41, 5.74) is 1.40. The minimum Gasteiger partial charge on any atom is -0.375 e. The number of aliphatic hydroxyl groups is 1. The highest BCUT2D eigenvalue weighted by atomic mass is 35.5. The number of aryl methyl sites for hydroxylation is 1. The maximum atomic E-state index is 11.6. The third-order valence-corrected chi connectivity index (χ3v) is 5.34. The third-order valence-electron chi connectivity index (χ3n) is 3.71. The monoisotopic (exact) mass is 348 g/mol. The molecule has 0 atom stereocenters. The van der Waals surface area contributed by atoms with Crippen molar-refractivity contribution in [3.05, 3.63) is 91.6 Å². The molecule has 22 heavy (non-hydrogen) atoms. The van der Waals surface area contributed by atoms with Crippen LogP contribution in [0.3, 0.4) is 0 Å². The van der Waals surface area contributed by atoms with Crippen molar-refractivity contribution in [3.63, 3.8) is 0 Å². The molecular formula is C18H14Cl2OS. The van der Waals surface area contributed by atoms with Crippen LogP contribution in [0.15, 0.2) is 60.0 Å². The summed E-state index contributed by atoms with van der Waals surface area (Å²) in [7, 11) is 0. The first-order valence-electron chi connectivity index (χ1n) is 6.81. The number of hydrogen-bond donors (Lipinski definition) is 1. The van der Waals surface area contributed by atoms with E-state index in [9.17, 15) is 5.11 Å². The van der Waals surface area contributed by atoms with Gasteiger partial charge < -0.3 is 5.11 Å². The Morgan fingerprint density at radius 1 is 0.818 bits per heavy atom. The van der Waals surface area contributed by atoms with Crippen LogP contribution in [-0.2, 0) is 5.60 Å². The summed E-state index contributed by atoms with van der Waals surface area (Å²) in [5.74, 6) is 0. The van der Waals surface area contributed by atoms with Crippen molar-refractivity contribution in [2.24, 2.45) is 0 Å². The molecule has 0 radical (unpaired) electrons. The van der Waals surface area contributed by atoms with Gasteiger partial charge in [-0.15, -0.1) is 11.3 Å². The summed E-state index contributed by atoms with van der Waals surface area (Å²) >= 11 is 13.5. The Hall–Kier alpha value is -1.32. The molecule has 3 rings (SSSR count). The molecule has 0 fully saturated rings. The molecule has 0 aliphatic heterocycles. The van der Waals surface area contributed by atoms with E-state index < -0.39 is 5.60 Å². The first-order chi connectivity index (χ1) is 10.5. The zero-order chi connectivity index (χ0) is 15.7. The second-order valence-corrected chi connectivity index (χ2v) is 6.95. The molecule has 112 valence electrons. The van der Waals surface area contributed by atoms with Gasteiger partial charge in [0.25, 0.3) is 0 Å². The predicted octanol–water partition coefficient (Wildman–Crippen LogP) is 5.65. The summed E-state index contributed by atoms with van der Waals surface area (Å²) in [6.45, 7) is 2.00. The molecule has 0 unspecified atom stereocenters. The second kappa shape index (κ2) is 6.05. The van der Waals surface area contributed by atoms with Crippen LogP contribution in [-0.4, -0.2) is 5.11 Å². The molecule has 1 nitrogen and oxygen atoms in total. The van der Waals surface area contributed by atoms with Crippen molar-refractivity contribution >= 4 is 34.5 Å². The fourth-order valence-corrected chi connectivity index (χ4v) is 3.87. The highest BCUT2D eigenvalue weighted by Crippen LogP contribution is 2.41. The molecular weight excluding hydrogens is 335 g/mol. The third kappa shape index (κ3) is 2.68. The Labute approximate surface area is 143 Å². The molecule has 4 heteroatoms. The molecule has 0 bridgehead atoms. The van der Waals surface area contributed by atoms with E-state index in [4.69, 9.17) is 23.2 Å². The highest BCUT2D eigenvalue weighted by molar-refractivity contribution is 7.10. The van der Waals surface area contributed by atoms with Crippen molar-refractivity contribution in [3.8, 4) is 0 Å². The fraction of sp³-hybridized carbons (Fsp3) is 0.111. The van der Waals surface area contributed by atoms with Crippen LogP contribution in [0.4, 0.5) is 0 Å². The lowest BCUT2D eigenvalue weighted by molar-refractivity contribution is 0.129. The zero-order valence-electron chi connectivity index (χ0n) is 11.9. The van der Waals surface area contributed by atoms with Gasteiger partial charge in [-0.25, -0.2) is 0 Å². The van der Waals surface area contributed by atoms with E-state index in [0.29, 0.717) is 10.0 Å². The minimum absolute atomic E-state index is 0.644. The minimum atomic E-state index is -1.21. The lowest BCUT2D eigenvalue weighted by atomic mass is 9.84. The average Bonchev–Trinajstić information content (AvgIpc) is 2.94. The van der Waals surface area contributed by atoms with Gasteiger partial charge >= 0.3 is 0 Å². The first kappa shape index (κ1) is 15.6. The molecule has 2 aromatic carbocycles. The van der Waals surface area contributed by atoms with Crippen LogP contribution in [0.1, 0.15) is 21.6 Å². The van der Waals surface area contributed by atoms with Gasteiger partial charge in [-0.2, -0.15) is 0 Å². The predicted molar refractivity (Wildman–Crippen MR) is 94.1 cm³/mol. The average molecular weight is 349 g/mol. The summed E-state index contributed by atoms with van der Waals surface area (Å²) in [6.07, 6.45) is 0. The lowest BCUT2D eigenvalue weighted by Crippen LogP contribution is -2.28. The normalized spacial score (nSPS) is 11.6. The molecule has 3 aromatic rings. The molecule has 0 spiro atoms. The van der Waals surface area contributed by atoms with Crippen LogP contribution in [0.2, 0.25) is 10.0 Å². The van der Waals surface area contributed by atoms with Crippen LogP contribution >= 0.6 is 34.5 Å². The quantitative estimate of drug-likeness (QED) is 0.648. The van der Waals surface area contributed by atoms with Crippen molar-refractivity contribution in [2.45, 2.75) is 12.5 Å². The molecule has 0 saturated carbocycles. The van der Waals surface area contributed by atoms with Gasteiger partial charge in [-0.1, -0.05) is 47.5 Å². The zero-order valence-corrected chi connectivity index (χ0v) is 14.2. The van der Waals surface area contributed by atoms with Gasteiger partial charge in [0, 0.05) is 14.9 Å². The van der Waals surface area contributed by atoms with E-state index in [1.807, 2.05) is 42.6 Å². The van der Waals surface area contributed by atoms with E-state index in [1.165, 1.54) is 11.3 Å². The first-order valence-corrected chi connectivity index (χ1v) is 8.44. The van der Waals surface area contributed by atoms with Gasteiger partial charge in [0.1, 0.15) is 5.60 Å². The molecule has 0 saturated heterocycles. The Morgan fingerprint density at radius 2 is 1.27 bits per heavy atom. The number of benzene rings is 2. The SMILES string of the molecule is Cc1ccsc1C(O)(c1ccc(Cl)cc1)c1ccc(Cl)cc1. The second-order valence-electron chi connectivity index (χ2n) is 5.16. The summed E-state index contributed by atoms with van der Waals surface area (Å²) in [5, 5.41) is 14.9. The number of rotatable bonds is 3. The smallest absolute Gasteiger partial charge is 0.149 e. The molecule has 0 aliphatic carbocycles. The van der Waals surface area contributed by atoms with Gasteiger partial charge in [-0.3, -0.25) is 0 Å². The van der Waals surface area contributed by atoms with Crippen LogP contribution in [0.5, 0.6) is 0 Å². The maximum absolute atomic E-state index is 11.6. The fourth-order valence-electron chi connectivity index (χ4n) is 2.55. The molecule has 1 N–H and O–H groups in total. The standard InChI is InChI=1S/C18H14Cl2OS/c1-12-10-11-22-17(12)18(21,13-2-6-15(19)7-3-13)14-4-8-16(20)9-5-14/h2-11,21H,1H3. The van der Waals surface area contributed by atoms with E-state index in [2.05, 4.69) is 0 Å². The van der Waals surface area contributed by atoms with Gasteiger partial charge in [-0.05, 0) is 59.3 Å². The van der Waals surface area contributed by atoms with Crippen molar-refractivity contribution in [2.75, 3.05) is 0 Å². The maximum Gasteiger partial charge on any atom is 0.149 e. The summed E-state index contributed by atoms with van der Waals surface area (Å²) < 4.78 is 0. The van der Waals surface area contributed by atoms with E-state index in [-0.39, 0.29) is 0 Å². The van der Waals surface area contributed by atoms with Crippen LogP contribution in [0, 0.1) is 6.92 Å². The van der Waals surface area contributed by atoms with E-state index in [0.717, 1.165) is 21.6 Å². The number of thiophene rings is 1.